The molecule has 4 N–H and O–H groups in total. The number of carbonyl (C=O) groups is 1. The third-order valence-electron chi connectivity index (χ3n) is 7.11. The van der Waals surface area contributed by atoms with E-state index in [0.29, 0.717) is 29.0 Å². The fourth-order valence-corrected chi connectivity index (χ4v) is 6.15. The van der Waals surface area contributed by atoms with Gasteiger partial charge in [-0.1, -0.05) is 37.6 Å². The van der Waals surface area contributed by atoms with Gasteiger partial charge in [-0.15, -0.1) is 11.3 Å². The number of anilines is 2. The van der Waals surface area contributed by atoms with Crippen molar-refractivity contribution < 1.29 is 14.3 Å². The number of aryl methyl sites for hydroxylation is 1. The molecule has 42 heavy (non-hydrogen) atoms. The van der Waals surface area contributed by atoms with Gasteiger partial charge >= 0.3 is 0 Å². The van der Waals surface area contributed by atoms with Crippen LogP contribution in [0.5, 0.6) is 11.5 Å². The summed E-state index contributed by atoms with van der Waals surface area (Å²) >= 11 is 1.79. The van der Waals surface area contributed by atoms with Crippen molar-refractivity contribution in [3.8, 4) is 11.5 Å². The normalized spacial score (nSPS) is 14.3. The van der Waals surface area contributed by atoms with Gasteiger partial charge in [-0.2, -0.15) is 10.1 Å². The van der Waals surface area contributed by atoms with E-state index in [9.17, 15) is 4.79 Å². The summed E-state index contributed by atoms with van der Waals surface area (Å²) in [5.74, 6) is 0.912. The Hall–Kier alpha value is -4.70. The highest BCUT2D eigenvalue weighted by atomic mass is 32.1. The lowest BCUT2D eigenvalue weighted by atomic mass is 9.98. The zero-order valence-electron chi connectivity index (χ0n) is 23.9. The lowest BCUT2D eigenvalue weighted by molar-refractivity contribution is 0.104. The Morgan fingerprint density at radius 3 is 2.71 bits per heavy atom. The Bertz CT molecular complexity index is 1650. The Balaban J connectivity index is 1.47. The highest BCUT2D eigenvalue weighted by Crippen LogP contribution is 2.38. The zero-order chi connectivity index (χ0) is 29.6. The van der Waals surface area contributed by atoms with E-state index >= 15 is 0 Å². The van der Waals surface area contributed by atoms with Crippen LogP contribution in [0.3, 0.4) is 0 Å². The minimum atomic E-state index is -0.254. The highest BCUT2D eigenvalue weighted by Gasteiger charge is 2.27. The number of rotatable bonds is 11. The molecule has 1 atom stereocenters. The number of aromatic nitrogens is 2. The standard InChI is InChI=1S/C32H34N6O3S/c1-4-5-9-23-11-12-28(42-23)29-24-10-7-6-8-21(24)19-36-38(29)14-13-26(39)25-16-20(17-27(40-2)30(25)41-3)15-22-18-35-32(34)37-31(22)33/h6-8,10-14,16-19,29H,4-5,9,15H2,1-3H3,(H4,33,34,35,37)/b14-13+. The highest BCUT2D eigenvalue weighted by molar-refractivity contribution is 7.12. The number of allylic oxidation sites excluding steroid dienone is 1. The van der Waals surface area contributed by atoms with Crippen LogP contribution >= 0.6 is 11.3 Å². The first kappa shape index (κ1) is 28.8. The number of hydrogen-bond acceptors (Lipinski definition) is 10. The van der Waals surface area contributed by atoms with Crippen LogP contribution in [0.1, 0.15) is 68.2 Å². The number of fused-ring (bicyclic) bond motifs is 1. The molecule has 216 valence electrons. The molecule has 9 nitrogen and oxygen atoms in total. The van der Waals surface area contributed by atoms with Crippen molar-refractivity contribution in [1.29, 1.82) is 0 Å². The lowest BCUT2D eigenvalue weighted by Gasteiger charge is -2.30. The minimum absolute atomic E-state index is 0.102. The number of ether oxygens (including phenoxy) is 2. The second-order valence-electron chi connectivity index (χ2n) is 9.94. The van der Waals surface area contributed by atoms with E-state index in [4.69, 9.17) is 26.0 Å². The molecular weight excluding hydrogens is 548 g/mol. The van der Waals surface area contributed by atoms with Crippen LogP contribution in [0.2, 0.25) is 0 Å². The number of benzene rings is 2. The molecule has 0 fully saturated rings. The summed E-state index contributed by atoms with van der Waals surface area (Å²) in [5.41, 5.74) is 15.7. The van der Waals surface area contributed by atoms with Crippen molar-refractivity contribution in [3.05, 3.63) is 105 Å². The Morgan fingerprint density at radius 1 is 1.12 bits per heavy atom. The van der Waals surface area contributed by atoms with Crippen molar-refractivity contribution >= 4 is 35.1 Å². The van der Waals surface area contributed by atoms with Gasteiger partial charge in [-0.25, -0.2) is 4.98 Å². The molecule has 5 rings (SSSR count). The van der Waals surface area contributed by atoms with E-state index < -0.39 is 0 Å². The summed E-state index contributed by atoms with van der Waals surface area (Å²) in [7, 11) is 3.05. The molecule has 2 aromatic heterocycles. The number of methoxy groups -OCH3 is 2. The third kappa shape index (κ3) is 6.13. The van der Waals surface area contributed by atoms with Gasteiger partial charge < -0.3 is 20.9 Å². The summed E-state index contributed by atoms with van der Waals surface area (Å²) in [6, 6.07) is 16.0. The fraction of sp³-hybridized carbons (Fsp3) is 0.250. The molecule has 0 aliphatic carbocycles. The van der Waals surface area contributed by atoms with Gasteiger partial charge in [0.05, 0.1) is 26.0 Å². The van der Waals surface area contributed by atoms with Crippen LogP contribution in [0.4, 0.5) is 11.8 Å². The second-order valence-corrected chi connectivity index (χ2v) is 11.1. The van der Waals surface area contributed by atoms with E-state index in [1.807, 2.05) is 29.4 Å². The molecule has 4 aromatic rings. The third-order valence-corrected chi connectivity index (χ3v) is 8.31. The van der Waals surface area contributed by atoms with Crippen LogP contribution in [-0.4, -0.2) is 41.2 Å². The Morgan fingerprint density at radius 2 is 1.95 bits per heavy atom. The van der Waals surface area contributed by atoms with E-state index in [1.54, 1.807) is 29.8 Å². The molecule has 10 heteroatoms. The predicted molar refractivity (Wildman–Crippen MR) is 167 cm³/mol. The van der Waals surface area contributed by atoms with E-state index in [1.165, 1.54) is 30.0 Å². The molecule has 0 saturated heterocycles. The van der Waals surface area contributed by atoms with Crippen molar-refractivity contribution in [1.82, 2.24) is 15.0 Å². The smallest absolute Gasteiger partial charge is 0.221 e. The summed E-state index contributed by atoms with van der Waals surface area (Å²) in [4.78, 5) is 24.3. The Labute approximate surface area is 249 Å². The molecule has 1 aliphatic heterocycles. The molecule has 0 radical (unpaired) electrons. The van der Waals surface area contributed by atoms with Gasteiger partial charge in [0.25, 0.3) is 0 Å². The maximum atomic E-state index is 13.7. The number of carbonyl (C=O) groups excluding carboxylic acids is 1. The maximum Gasteiger partial charge on any atom is 0.221 e. The molecule has 0 bridgehead atoms. The molecule has 1 aliphatic rings. The van der Waals surface area contributed by atoms with Crippen molar-refractivity contribution in [2.45, 2.75) is 38.6 Å². The van der Waals surface area contributed by atoms with Gasteiger partial charge in [0.15, 0.2) is 17.3 Å². The van der Waals surface area contributed by atoms with Crippen molar-refractivity contribution in [3.63, 3.8) is 0 Å². The van der Waals surface area contributed by atoms with Gasteiger partial charge in [0, 0.05) is 45.8 Å². The number of ketones is 1. The van der Waals surface area contributed by atoms with E-state index in [2.05, 4.69) is 41.2 Å². The largest absolute Gasteiger partial charge is 0.493 e. The lowest BCUT2D eigenvalue weighted by Crippen LogP contribution is -2.24. The number of hydrogen-bond donors (Lipinski definition) is 2. The molecule has 0 amide bonds. The van der Waals surface area contributed by atoms with Gasteiger partial charge in [0.2, 0.25) is 5.95 Å². The van der Waals surface area contributed by atoms with Gasteiger partial charge in [-0.3, -0.25) is 9.80 Å². The van der Waals surface area contributed by atoms with Gasteiger partial charge in [0.1, 0.15) is 11.9 Å². The van der Waals surface area contributed by atoms with Crippen LogP contribution in [0, 0.1) is 0 Å². The summed E-state index contributed by atoms with van der Waals surface area (Å²) in [6.45, 7) is 2.20. The predicted octanol–water partition coefficient (Wildman–Crippen LogP) is 5.79. The number of nitrogens with two attached hydrogens (primary N) is 2. The second kappa shape index (κ2) is 12.9. The topological polar surface area (TPSA) is 129 Å². The molecule has 3 heterocycles. The van der Waals surface area contributed by atoms with Crippen LogP contribution in [0.25, 0.3) is 0 Å². The maximum absolute atomic E-state index is 13.7. The molecule has 2 aromatic carbocycles. The van der Waals surface area contributed by atoms with E-state index in [0.717, 1.165) is 36.0 Å². The number of hydrazone groups is 1. The Kier molecular flexibility index (Phi) is 8.83. The molecule has 1 unspecified atom stereocenters. The number of thiophene rings is 1. The molecule has 0 saturated carbocycles. The molecular formula is C32H34N6O3S. The van der Waals surface area contributed by atoms with Crippen molar-refractivity contribution in [2.75, 3.05) is 25.7 Å². The number of unbranched alkanes of at least 4 members (excludes halogenated alkanes) is 1. The van der Waals surface area contributed by atoms with Crippen LogP contribution in [-0.2, 0) is 12.8 Å². The van der Waals surface area contributed by atoms with E-state index in [-0.39, 0.29) is 23.6 Å². The summed E-state index contributed by atoms with van der Waals surface area (Å²) < 4.78 is 11.2. The zero-order valence-corrected chi connectivity index (χ0v) is 24.7. The number of nitrogens with zero attached hydrogens (tertiary/aromatic N) is 4. The fourth-order valence-electron chi connectivity index (χ4n) is 4.98. The SMILES string of the molecule is CCCCc1ccc(C2c3ccccc3C=NN2/C=C/C(=O)c2cc(Cc3cnc(N)nc3N)cc(OC)c2OC)s1. The number of nitrogen functional groups attached to an aromatic ring is 2. The van der Waals surface area contributed by atoms with Gasteiger partial charge in [-0.05, 0) is 48.2 Å². The monoisotopic (exact) mass is 582 g/mol. The van der Waals surface area contributed by atoms with Crippen LogP contribution < -0.4 is 20.9 Å². The summed E-state index contributed by atoms with van der Waals surface area (Å²) in [5, 5.41) is 6.56. The average molecular weight is 583 g/mol. The average Bonchev–Trinajstić information content (AvgIpc) is 3.47. The van der Waals surface area contributed by atoms with Crippen LogP contribution in [0.15, 0.2) is 72.1 Å². The minimum Gasteiger partial charge on any atom is -0.493 e. The van der Waals surface area contributed by atoms with Crippen molar-refractivity contribution in [2.24, 2.45) is 5.10 Å². The first-order valence-electron chi connectivity index (χ1n) is 13.8. The summed E-state index contributed by atoms with van der Waals surface area (Å²) in [6.07, 6.45) is 10.4. The first-order chi connectivity index (χ1) is 20.4. The quantitative estimate of drug-likeness (QED) is 0.168. The first-order valence-corrected chi connectivity index (χ1v) is 14.6. The molecule has 0 spiro atoms.